The summed E-state index contributed by atoms with van der Waals surface area (Å²) in [6.07, 6.45) is 1.47. The molecular weight excluding hydrogens is 394 g/mol. The van der Waals surface area contributed by atoms with Crippen molar-refractivity contribution in [2.45, 2.75) is 25.2 Å². The SMILES string of the molecule is Br.CCOC(=O)C1(c2ccccc2Oc2ccccc2)CCN(C)CC1. The van der Waals surface area contributed by atoms with Gasteiger partial charge in [-0.1, -0.05) is 36.4 Å². The summed E-state index contributed by atoms with van der Waals surface area (Å²) in [4.78, 5) is 15.2. The van der Waals surface area contributed by atoms with Crippen LogP contribution in [0.5, 0.6) is 11.5 Å². The van der Waals surface area contributed by atoms with Gasteiger partial charge in [0.2, 0.25) is 0 Å². The average molecular weight is 420 g/mol. The Hall–Kier alpha value is -1.85. The molecule has 5 heteroatoms. The highest BCUT2D eigenvalue weighted by atomic mass is 79.9. The monoisotopic (exact) mass is 419 g/mol. The van der Waals surface area contributed by atoms with Crippen molar-refractivity contribution >= 4 is 23.0 Å². The van der Waals surface area contributed by atoms with Crippen molar-refractivity contribution in [1.29, 1.82) is 0 Å². The summed E-state index contributed by atoms with van der Waals surface area (Å²) in [5, 5.41) is 0. The van der Waals surface area contributed by atoms with Crippen molar-refractivity contribution in [3.63, 3.8) is 0 Å². The molecule has 0 atom stereocenters. The van der Waals surface area contributed by atoms with Gasteiger partial charge in [-0.15, -0.1) is 17.0 Å². The number of carbonyl (C=O) groups excluding carboxylic acids is 1. The smallest absolute Gasteiger partial charge is 0.316 e. The molecule has 140 valence electrons. The van der Waals surface area contributed by atoms with Gasteiger partial charge >= 0.3 is 5.97 Å². The van der Waals surface area contributed by atoms with Gasteiger partial charge in [0.25, 0.3) is 0 Å². The standard InChI is InChI=1S/C21H25NO3.BrH/c1-3-24-20(23)21(13-15-22(2)16-14-21)18-11-7-8-12-19(18)25-17-9-5-4-6-10-17;/h4-12H,3,13-16H2,1-2H3;1H. The highest BCUT2D eigenvalue weighted by Crippen LogP contribution is 2.42. The fourth-order valence-electron chi connectivity index (χ4n) is 3.42. The molecule has 0 spiro atoms. The first-order valence-electron chi connectivity index (χ1n) is 8.84. The molecule has 1 aliphatic heterocycles. The van der Waals surface area contributed by atoms with Gasteiger partial charge in [0, 0.05) is 5.56 Å². The van der Waals surface area contributed by atoms with E-state index in [1.165, 1.54) is 0 Å². The molecule has 0 aromatic heterocycles. The summed E-state index contributed by atoms with van der Waals surface area (Å²) in [5.41, 5.74) is 0.277. The molecule has 1 fully saturated rings. The highest BCUT2D eigenvalue weighted by Gasteiger charge is 2.45. The van der Waals surface area contributed by atoms with Gasteiger partial charge in [-0.2, -0.15) is 0 Å². The Morgan fingerprint density at radius 1 is 1.04 bits per heavy atom. The molecule has 26 heavy (non-hydrogen) atoms. The number of likely N-dealkylation sites (tertiary alicyclic amines) is 1. The largest absolute Gasteiger partial charge is 0.465 e. The minimum absolute atomic E-state index is 0. The van der Waals surface area contributed by atoms with Crippen molar-refractivity contribution < 1.29 is 14.3 Å². The van der Waals surface area contributed by atoms with Gasteiger partial charge < -0.3 is 14.4 Å². The lowest BCUT2D eigenvalue weighted by atomic mass is 9.72. The maximum absolute atomic E-state index is 12.9. The second-order valence-electron chi connectivity index (χ2n) is 6.52. The number of piperidine rings is 1. The molecule has 2 aromatic rings. The number of para-hydroxylation sites is 2. The molecule has 3 rings (SSSR count). The number of halogens is 1. The molecule has 1 saturated heterocycles. The summed E-state index contributed by atoms with van der Waals surface area (Å²) >= 11 is 0. The summed E-state index contributed by atoms with van der Waals surface area (Å²) in [6.45, 7) is 3.96. The van der Waals surface area contributed by atoms with Crippen molar-refractivity contribution in [3.05, 3.63) is 60.2 Å². The van der Waals surface area contributed by atoms with Crippen LogP contribution in [0.2, 0.25) is 0 Å². The van der Waals surface area contributed by atoms with E-state index < -0.39 is 5.41 Å². The summed E-state index contributed by atoms with van der Waals surface area (Å²) < 4.78 is 11.6. The fraction of sp³-hybridized carbons (Fsp3) is 0.381. The zero-order valence-electron chi connectivity index (χ0n) is 15.3. The third-order valence-electron chi connectivity index (χ3n) is 4.88. The molecule has 0 N–H and O–H groups in total. The quantitative estimate of drug-likeness (QED) is 0.664. The first-order chi connectivity index (χ1) is 12.2. The predicted octanol–water partition coefficient (Wildman–Crippen LogP) is 4.58. The molecule has 0 saturated carbocycles. The molecule has 0 unspecified atom stereocenters. The molecule has 0 bridgehead atoms. The Morgan fingerprint density at radius 3 is 2.31 bits per heavy atom. The molecule has 1 aliphatic rings. The zero-order valence-corrected chi connectivity index (χ0v) is 17.0. The number of benzene rings is 2. The minimum atomic E-state index is -0.645. The van der Waals surface area contributed by atoms with Crippen LogP contribution in [0.25, 0.3) is 0 Å². The van der Waals surface area contributed by atoms with E-state index in [2.05, 4.69) is 11.9 Å². The van der Waals surface area contributed by atoms with Gasteiger partial charge in [-0.3, -0.25) is 4.79 Å². The van der Waals surface area contributed by atoms with E-state index in [1.54, 1.807) is 0 Å². The van der Waals surface area contributed by atoms with Crippen LogP contribution < -0.4 is 4.74 Å². The average Bonchev–Trinajstić information content (AvgIpc) is 2.64. The fourth-order valence-corrected chi connectivity index (χ4v) is 3.42. The van der Waals surface area contributed by atoms with Crippen molar-refractivity contribution in [3.8, 4) is 11.5 Å². The van der Waals surface area contributed by atoms with Crippen LogP contribution in [0.4, 0.5) is 0 Å². The van der Waals surface area contributed by atoms with Gasteiger partial charge in [0.05, 0.1) is 12.0 Å². The molecule has 2 aromatic carbocycles. The molecule has 0 radical (unpaired) electrons. The van der Waals surface area contributed by atoms with E-state index >= 15 is 0 Å². The normalized spacial score (nSPS) is 16.4. The Kier molecular flexibility index (Phi) is 7.23. The van der Waals surface area contributed by atoms with Gasteiger partial charge in [-0.25, -0.2) is 0 Å². The van der Waals surface area contributed by atoms with E-state index in [1.807, 2.05) is 61.5 Å². The van der Waals surface area contributed by atoms with Gasteiger partial charge in [-0.05, 0) is 58.1 Å². The zero-order chi connectivity index (χ0) is 17.7. The summed E-state index contributed by atoms with van der Waals surface area (Å²) in [5.74, 6) is 1.35. The van der Waals surface area contributed by atoms with Crippen molar-refractivity contribution in [2.75, 3.05) is 26.7 Å². The lowest BCUT2D eigenvalue weighted by molar-refractivity contribution is -0.152. The number of rotatable bonds is 5. The van der Waals surface area contributed by atoms with Crippen LogP contribution in [0.15, 0.2) is 54.6 Å². The van der Waals surface area contributed by atoms with Crippen LogP contribution in [-0.4, -0.2) is 37.6 Å². The summed E-state index contributed by atoms with van der Waals surface area (Å²) in [6, 6.07) is 17.5. The maximum atomic E-state index is 12.9. The van der Waals surface area contributed by atoms with E-state index in [9.17, 15) is 4.79 Å². The molecule has 0 amide bonds. The third-order valence-corrected chi connectivity index (χ3v) is 4.88. The van der Waals surface area contributed by atoms with Crippen molar-refractivity contribution in [2.24, 2.45) is 0 Å². The van der Waals surface area contributed by atoms with E-state index in [0.29, 0.717) is 6.61 Å². The second-order valence-corrected chi connectivity index (χ2v) is 6.52. The highest BCUT2D eigenvalue weighted by molar-refractivity contribution is 8.93. The first kappa shape index (κ1) is 20.5. The summed E-state index contributed by atoms with van der Waals surface area (Å²) in [7, 11) is 2.08. The van der Waals surface area contributed by atoms with Crippen LogP contribution in [0.3, 0.4) is 0 Å². The molecule has 4 nitrogen and oxygen atoms in total. The molecule has 0 aliphatic carbocycles. The number of hydrogen-bond acceptors (Lipinski definition) is 4. The van der Waals surface area contributed by atoms with Crippen LogP contribution in [0, 0.1) is 0 Å². The Labute approximate surface area is 165 Å². The van der Waals surface area contributed by atoms with E-state index in [0.717, 1.165) is 43.0 Å². The Bertz CT molecular complexity index is 712. The number of carbonyl (C=O) groups is 1. The van der Waals surface area contributed by atoms with E-state index in [-0.39, 0.29) is 23.0 Å². The lowest BCUT2D eigenvalue weighted by Gasteiger charge is -2.39. The van der Waals surface area contributed by atoms with E-state index in [4.69, 9.17) is 9.47 Å². The van der Waals surface area contributed by atoms with Crippen molar-refractivity contribution in [1.82, 2.24) is 4.90 Å². The van der Waals surface area contributed by atoms with Gasteiger partial charge in [0.1, 0.15) is 11.5 Å². The molecule has 1 heterocycles. The Balaban J connectivity index is 0.00000243. The van der Waals surface area contributed by atoms with Crippen LogP contribution >= 0.6 is 17.0 Å². The minimum Gasteiger partial charge on any atom is -0.465 e. The maximum Gasteiger partial charge on any atom is 0.316 e. The third kappa shape index (κ3) is 4.27. The topological polar surface area (TPSA) is 38.8 Å². The number of nitrogens with zero attached hydrogens (tertiary/aromatic N) is 1. The lowest BCUT2D eigenvalue weighted by Crippen LogP contribution is -2.47. The van der Waals surface area contributed by atoms with Gasteiger partial charge in [0.15, 0.2) is 0 Å². The molecular formula is C21H26BrNO3. The number of esters is 1. The van der Waals surface area contributed by atoms with Crippen LogP contribution in [-0.2, 0) is 14.9 Å². The predicted molar refractivity (Wildman–Crippen MR) is 108 cm³/mol. The number of hydrogen-bond donors (Lipinski definition) is 0. The number of ether oxygens (including phenoxy) is 2. The van der Waals surface area contributed by atoms with Crippen LogP contribution in [0.1, 0.15) is 25.3 Å². The Morgan fingerprint density at radius 2 is 1.65 bits per heavy atom. The second kappa shape index (κ2) is 9.19. The first-order valence-corrected chi connectivity index (χ1v) is 8.84.